The number of carbonyl (C=O) groups is 4. The molecule has 2 saturated carbocycles. The van der Waals surface area contributed by atoms with Gasteiger partial charge in [0.2, 0.25) is 0 Å². The van der Waals surface area contributed by atoms with Gasteiger partial charge in [-0.1, -0.05) is 39.8 Å². The average molecular weight is 913 g/mol. The Morgan fingerprint density at radius 2 is 0.943 bits per heavy atom. The maximum Gasteiger partial charge on any atom is 0.509 e. The van der Waals surface area contributed by atoms with Crippen LogP contribution >= 0.6 is 0 Å². The Bertz CT molecular complexity index is 1030. The number of hydrogen-bond acceptors (Lipinski definition) is 15. The normalized spacial score (nSPS) is 23.8. The molecule has 0 bridgehead atoms. The molecule has 0 aromatic rings. The van der Waals surface area contributed by atoms with Crippen molar-refractivity contribution in [2.24, 2.45) is 11.8 Å². The number of ether oxygens (including phenoxy) is 9. The van der Waals surface area contributed by atoms with Gasteiger partial charge in [0.05, 0.1) is 25.4 Å². The Morgan fingerprint density at radius 3 is 1.38 bits per heavy atom. The molecule has 15 nitrogen and oxygen atoms in total. The van der Waals surface area contributed by atoms with Crippen molar-refractivity contribution in [3.63, 3.8) is 0 Å². The van der Waals surface area contributed by atoms with Crippen molar-refractivity contribution in [2.75, 3.05) is 26.4 Å². The number of aliphatic hydroxyl groups is 2. The first-order valence-corrected chi connectivity index (χ1v) is 17.9. The summed E-state index contributed by atoms with van der Waals surface area (Å²) >= 11 is 0. The minimum Gasteiger partial charge on any atom is -0.430 e. The van der Waals surface area contributed by atoms with E-state index in [0.29, 0.717) is 25.7 Å². The molecule has 0 heterocycles. The summed E-state index contributed by atoms with van der Waals surface area (Å²) in [7, 11) is 0. The van der Waals surface area contributed by atoms with Gasteiger partial charge in [-0.05, 0) is 78.1 Å². The zero-order valence-corrected chi connectivity index (χ0v) is 38.4. The third-order valence-electron chi connectivity index (χ3n) is 7.52. The Morgan fingerprint density at radius 1 is 0.566 bits per heavy atom. The van der Waals surface area contributed by atoms with E-state index in [4.69, 9.17) is 42.6 Å². The van der Waals surface area contributed by atoms with E-state index in [2.05, 4.69) is 13.2 Å². The third kappa shape index (κ3) is 25.4. The van der Waals surface area contributed by atoms with Crippen LogP contribution in [0.25, 0.3) is 0 Å². The minimum absolute atomic E-state index is 0. The zero-order chi connectivity index (χ0) is 38.9. The SMILES string of the molecule is C=CC1CCC(OC(=O)OC(C)COC(=O)OC(C)COCC(C)OC(=O)OCC(C)OC(=O)OC2CC(C=C)CCC2O)C(O)C1.CC.CC.[Y].[Y]. The molecule has 0 aliphatic heterocycles. The molecule has 0 aromatic carbocycles. The molecule has 0 aromatic heterocycles. The second kappa shape index (κ2) is 32.8. The first kappa shape index (κ1) is 56.0. The molecule has 2 aliphatic carbocycles. The summed E-state index contributed by atoms with van der Waals surface area (Å²) in [4.78, 5) is 48.1. The van der Waals surface area contributed by atoms with E-state index < -0.39 is 73.5 Å². The minimum atomic E-state index is -1.01. The largest absolute Gasteiger partial charge is 0.509 e. The van der Waals surface area contributed by atoms with E-state index in [1.54, 1.807) is 26.0 Å². The molecule has 2 aliphatic rings. The molecule has 2 N–H and O–H groups in total. The van der Waals surface area contributed by atoms with Gasteiger partial charge in [0.15, 0.2) is 0 Å². The summed E-state index contributed by atoms with van der Waals surface area (Å²) in [6.07, 6.45) is -3.12. The Balaban J connectivity index is -0.00000402. The van der Waals surface area contributed by atoms with E-state index >= 15 is 0 Å². The van der Waals surface area contributed by atoms with Crippen LogP contribution in [-0.4, -0.2) is 110 Å². The predicted octanol–water partition coefficient (Wildman–Crippen LogP) is 6.65. The van der Waals surface area contributed by atoms with Crippen molar-refractivity contribution in [3.05, 3.63) is 25.3 Å². The Kier molecular flexibility index (Phi) is 34.7. The van der Waals surface area contributed by atoms with Gasteiger partial charge in [0.25, 0.3) is 0 Å². The summed E-state index contributed by atoms with van der Waals surface area (Å²) in [5.41, 5.74) is 0. The number of carbonyl (C=O) groups excluding carboxylic acids is 4. The number of rotatable bonds is 16. The second-order valence-electron chi connectivity index (χ2n) is 11.9. The Hall–Kier alpha value is -1.35. The van der Waals surface area contributed by atoms with E-state index in [0.717, 1.165) is 12.8 Å². The van der Waals surface area contributed by atoms with Crippen LogP contribution in [0.1, 0.15) is 93.9 Å². The fraction of sp³-hybridized carbons (Fsp3) is 0.778. The second-order valence-corrected chi connectivity index (χ2v) is 11.9. The number of allylic oxidation sites excluding steroid dienone is 2. The van der Waals surface area contributed by atoms with Crippen molar-refractivity contribution in [2.45, 2.75) is 143 Å². The quantitative estimate of drug-likeness (QED) is 0.0950. The first-order chi connectivity index (χ1) is 24.3. The van der Waals surface area contributed by atoms with Gasteiger partial charge in [0, 0.05) is 65.4 Å². The van der Waals surface area contributed by atoms with Crippen LogP contribution in [0.2, 0.25) is 0 Å². The number of hydrogen-bond donors (Lipinski definition) is 2. The summed E-state index contributed by atoms with van der Waals surface area (Å²) in [6.45, 7) is 20.9. The molecule has 53 heavy (non-hydrogen) atoms. The molecular weight excluding hydrogens is 850 g/mol. The fourth-order valence-corrected chi connectivity index (χ4v) is 4.92. The maximum atomic E-state index is 12.1. The summed E-state index contributed by atoms with van der Waals surface area (Å²) in [6, 6.07) is 0. The zero-order valence-electron chi connectivity index (χ0n) is 32.8. The van der Waals surface area contributed by atoms with Gasteiger partial charge in [0.1, 0.15) is 49.8 Å². The van der Waals surface area contributed by atoms with Crippen molar-refractivity contribution in [3.8, 4) is 0 Å². The summed E-state index contributed by atoms with van der Waals surface area (Å²) in [5, 5.41) is 20.2. The van der Waals surface area contributed by atoms with Crippen molar-refractivity contribution in [1.29, 1.82) is 0 Å². The van der Waals surface area contributed by atoms with Gasteiger partial charge in [-0.3, -0.25) is 0 Å². The van der Waals surface area contributed by atoms with Crippen LogP contribution in [0.5, 0.6) is 0 Å². The smallest absolute Gasteiger partial charge is 0.430 e. The Labute approximate surface area is 365 Å². The van der Waals surface area contributed by atoms with Crippen LogP contribution < -0.4 is 0 Å². The van der Waals surface area contributed by atoms with Gasteiger partial charge >= 0.3 is 24.6 Å². The summed E-state index contributed by atoms with van der Waals surface area (Å²) < 4.78 is 46.1. The van der Waals surface area contributed by atoms with Crippen LogP contribution in [0.3, 0.4) is 0 Å². The molecule has 2 rings (SSSR count). The van der Waals surface area contributed by atoms with Crippen LogP contribution in [0, 0.1) is 11.8 Å². The van der Waals surface area contributed by atoms with Crippen molar-refractivity contribution >= 4 is 24.6 Å². The molecule has 10 atom stereocenters. The van der Waals surface area contributed by atoms with Gasteiger partial charge in [-0.25, -0.2) is 19.2 Å². The average Bonchev–Trinajstić information content (AvgIpc) is 3.10. The van der Waals surface area contributed by atoms with Gasteiger partial charge in [-0.15, -0.1) is 13.2 Å². The molecule has 2 fully saturated rings. The van der Waals surface area contributed by atoms with E-state index in [1.165, 1.54) is 13.8 Å². The predicted molar refractivity (Wildman–Crippen MR) is 186 cm³/mol. The van der Waals surface area contributed by atoms with Crippen molar-refractivity contribution in [1.82, 2.24) is 0 Å². The van der Waals surface area contributed by atoms with E-state index in [1.807, 2.05) is 27.7 Å². The number of aliphatic hydroxyl groups excluding tert-OH is 2. The molecule has 302 valence electrons. The summed E-state index contributed by atoms with van der Waals surface area (Å²) in [5.74, 6) is 0.310. The molecular formula is C36H62O15Y2. The van der Waals surface area contributed by atoms with Crippen LogP contribution in [0.15, 0.2) is 25.3 Å². The fourth-order valence-electron chi connectivity index (χ4n) is 4.92. The van der Waals surface area contributed by atoms with Gasteiger partial charge in [-0.2, -0.15) is 0 Å². The molecule has 0 saturated heterocycles. The standard InChI is InChI=1S/C32H50O15.2C2H6.2Y/c1-7-23-10-12-27(26(34)13-23)46-31(37)44-21(5)17-40-29(35)42-19(3)15-39-16-20(4)43-30(36)41-18-22(6)45-32(38)47-28-14-24(8-2)9-11-25(28)33;2*1-2;;/h7-8,19-28,33-34H,1-2,9-18H2,3-6H3;2*1-2H3;;. The van der Waals surface area contributed by atoms with Crippen LogP contribution in [-0.2, 0) is 108 Å². The molecule has 0 amide bonds. The van der Waals surface area contributed by atoms with Gasteiger partial charge < -0.3 is 52.8 Å². The molecule has 0 spiro atoms. The maximum absolute atomic E-state index is 12.1. The molecule has 10 unspecified atom stereocenters. The van der Waals surface area contributed by atoms with Crippen LogP contribution in [0.4, 0.5) is 19.2 Å². The van der Waals surface area contributed by atoms with E-state index in [9.17, 15) is 29.4 Å². The van der Waals surface area contributed by atoms with E-state index in [-0.39, 0.29) is 104 Å². The first-order valence-electron chi connectivity index (χ1n) is 17.9. The molecule has 2 radical (unpaired) electrons. The topological polar surface area (TPSA) is 192 Å². The third-order valence-corrected chi connectivity index (χ3v) is 7.52. The molecule has 17 heteroatoms. The van der Waals surface area contributed by atoms with Crippen molar-refractivity contribution < 1.29 is 137 Å². The monoisotopic (exact) mass is 912 g/mol.